The van der Waals surface area contributed by atoms with Crippen molar-refractivity contribution in [2.24, 2.45) is 5.92 Å². The van der Waals surface area contributed by atoms with Crippen LogP contribution in [0.1, 0.15) is 38.2 Å². The van der Waals surface area contributed by atoms with E-state index in [1.807, 2.05) is 11.8 Å². The van der Waals surface area contributed by atoms with Crippen LogP contribution in [0.5, 0.6) is 5.75 Å². The van der Waals surface area contributed by atoms with Crippen LogP contribution in [-0.2, 0) is 20.7 Å². The molecule has 1 aromatic rings. The number of methoxy groups -OCH3 is 1. The average Bonchev–Trinajstić information content (AvgIpc) is 3.06. The SMILES string of the molecule is CCOCCC1CCOC12CCN(C(=O)Cc1ccc(F)cc1OC)CC2. The molecule has 3 rings (SSSR count). The molecule has 150 valence electrons. The molecular formula is C21H30FNO4. The highest BCUT2D eigenvalue weighted by atomic mass is 19.1. The van der Waals surface area contributed by atoms with Crippen molar-refractivity contribution in [3.05, 3.63) is 29.6 Å². The van der Waals surface area contributed by atoms with Gasteiger partial charge in [-0.3, -0.25) is 4.79 Å². The third-order valence-corrected chi connectivity index (χ3v) is 5.97. The molecule has 2 aliphatic rings. The van der Waals surface area contributed by atoms with E-state index in [-0.39, 0.29) is 23.7 Å². The molecule has 1 unspecified atom stereocenters. The zero-order chi connectivity index (χ0) is 19.3. The molecule has 0 aromatic heterocycles. The maximum Gasteiger partial charge on any atom is 0.227 e. The number of ether oxygens (including phenoxy) is 3. The molecule has 2 heterocycles. The highest BCUT2D eigenvalue weighted by molar-refractivity contribution is 5.79. The normalized spacial score (nSPS) is 21.6. The molecule has 2 aliphatic heterocycles. The average molecular weight is 379 g/mol. The van der Waals surface area contributed by atoms with E-state index in [0.29, 0.717) is 24.8 Å². The predicted octanol–water partition coefficient (Wildman–Crippen LogP) is 3.20. The number of hydrogen-bond donors (Lipinski definition) is 0. The van der Waals surface area contributed by atoms with E-state index in [2.05, 4.69) is 0 Å². The third-order valence-electron chi connectivity index (χ3n) is 5.97. The first-order chi connectivity index (χ1) is 13.1. The minimum Gasteiger partial charge on any atom is -0.496 e. The Morgan fingerprint density at radius 1 is 1.37 bits per heavy atom. The summed E-state index contributed by atoms with van der Waals surface area (Å²) in [4.78, 5) is 14.6. The van der Waals surface area contributed by atoms with E-state index in [4.69, 9.17) is 14.2 Å². The van der Waals surface area contributed by atoms with Gasteiger partial charge in [0.05, 0.1) is 19.1 Å². The number of likely N-dealkylation sites (tertiary alicyclic amines) is 1. The second-order valence-corrected chi connectivity index (χ2v) is 7.40. The number of halogens is 1. The van der Waals surface area contributed by atoms with Crippen molar-refractivity contribution in [2.75, 3.05) is 40.0 Å². The molecule has 1 aromatic carbocycles. The Labute approximate surface area is 160 Å². The summed E-state index contributed by atoms with van der Waals surface area (Å²) < 4.78 is 30.2. The first-order valence-corrected chi connectivity index (χ1v) is 9.90. The number of hydrogen-bond acceptors (Lipinski definition) is 4. The first-order valence-electron chi connectivity index (χ1n) is 9.90. The van der Waals surface area contributed by atoms with Crippen molar-refractivity contribution in [3.8, 4) is 5.75 Å². The summed E-state index contributed by atoms with van der Waals surface area (Å²) in [7, 11) is 1.49. The Hall–Kier alpha value is -1.66. The van der Waals surface area contributed by atoms with Crippen LogP contribution in [0.3, 0.4) is 0 Å². The van der Waals surface area contributed by atoms with Gasteiger partial charge < -0.3 is 19.1 Å². The minimum absolute atomic E-state index is 0.0543. The molecule has 27 heavy (non-hydrogen) atoms. The van der Waals surface area contributed by atoms with Crippen LogP contribution in [0.2, 0.25) is 0 Å². The fourth-order valence-corrected chi connectivity index (χ4v) is 4.39. The van der Waals surface area contributed by atoms with Crippen LogP contribution in [0.25, 0.3) is 0 Å². The Balaban J connectivity index is 1.56. The van der Waals surface area contributed by atoms with E-state index < -0.39 is 0 Å². The van der Waals surface area contributed by atoms with Crippen molar-refractivity contribution in [2.45, 2.75) is 44.6 Å². The molecule has 2 saturated heterocycles. The van der Waals surface area contributed by atoms with E-state index >= 15 is 0 Å². The van der Waals surface area contributed by atoms with E-state index in [9.17, 15) is 9.18 Å². The Morgan fingerprint density at radius 2 is 2.15 bits per heavy atom. The smallest absolute Gasteiger partial charge is 0.227 e. The van der Waals surface area contributed by atoms with Crippen molar-refractivity contribution in [1.29, 1.82) is 0 Å². The lowest BCUT2D eigenvalue weighted by Crippen LogP contribution is -2.50. The summed E-state index contributed by atoms with van der Waals surface area (Å²) in [6.45, 7) is 5.74. The lowest BCUT2D eigenvalue weighted by molar-refractivity contribution is -0.137. The summed E-state index contributed by atoms with van der Waals surface area (Å²) in [5, 5.41) is 0. The predicted molar refractivity (Wildman–Crippen MR) is 100 cm³/mol. The molecule has 0 N–H and O–H groups in total. The largest absolute Gasteiger partial charge is 0.496 e. The number of rotatable bonds is 7. The lowest BCUT2D eigenvalue weighted by Gasteiger charge is -2.42. The molecule has 1 atom stereocenters. The molecule has 2 fully saturated rings. The highest BCUT2D eigenvalue weighted by Gasteiger charge is 2.46. The van der Waals surface area contributed by atoms with Gasteiger partial charge in [0.25, 0.3) is 0 Å². The standard InChI is InChI=1S/C21H30FNO4/c1-3-26-12-6-17-7-13-27-21(17)8-10-23(11-9-21)20(24)14-16-4-5-18(22)15-19(16)25-2/h4-5,15,17H,3,6-14H2,1-2H3. The fraction of sp³-hybridized carbons (Fsp3) is 0.667. The molecule has 0 aliphatic carbocycles. The topological polar surface area (TPSA) is 48.0 Å². The van der Waals surface area contributed by atoms with Gasteiger partial charge in [-0.2, -0.15) is 0 Å². The van der Waals surface area contributed by atoms with Crippen molar-refractivity contribution in [3.63, 3.8) is 0 Å². The van der Waals surface area contributed by atoms with Crippen LogP contribution in [-0.4, -0.2) is 56.4 Å². The quantitative estimate of drug-likeness (QED) is 0.683. The molecule has 0 bridgehead atoms. The minimum atomic E-state index is -0.362. The Kier molecular flexibility index (Phi) is 6.71. The zero-order valence-corrected chi connectivity index (χ0v) is 16.3. The van der Waals surface area contributed by atoms with E-state index in [0.717, 1.165) is 51.1 Å². The van der Waals surface area contributed by atoms with Gasteiger partial charge in [0.2, 0.25) is 5.91 Å². The van der Waals surface area contributed by atoms with Crippen LogP contribution >= 0.6 is 0 Å². The second kappa shape index (κ2) is 9.02. The monoisotopic (exact) mass is 379 g/mol. The van der Waals surface area contributed by atoms with Crippen molar-refractivity contribution >= 4 is 5.91 Å². The Morgan fingerprint density at radius 3 is 2.85 bits per heavy atom. The number of carbonyl (C=O) groups excluding carboxylic acids is 1. The summed E-state index contributed by atoms with van der Waals surface area (Å²) >= 11 is 0. The Bertz CT molecular complexity index is 643. The summed E-state index contributed by atoms with van der Waals surface area (Å²) in [6, 6.07) is 4.32. The molecule has 0 saturated carbocycles. The molecule has 1 amide bonds. The van der Waals surface area contributed by atoms with Gasteiger partial charge in [-0.1, -0.05) is 6.07 Å². The third kappa shape index (κ3) is 4.61. The molecule has 0 radical (unpaired) electrons. The number of piperidine rings is 1. The van der Waals surface area contributed by atoms with Gasteiger partial charge in [0.15, 0.2) is 0 Å². The fourth-order valence-electron chi connectivity index (χ4n) is 4.39. The lowest BCUT2D eigenvalue weighted by atomic mass is 9.78. The van der Waals surface area contributed by atoms with Crippen LogP contribution in [0.4, 0.5) is 4.39 Å². The summed E-state index contributed by atoms with van der Waals surface area (Å²) in [5.41, 5.74) is 0.623. The summed E-state index contributed by atoms with van der Waals surface area (Å²) in [6.07, 6.45) is 4.07. The van der Waals surface area contributed by atoms with Gasteiger partial charge in [-0.25, -0.2) is 4.39 Å². The molecule has 5 nitrogen and oxygen atoms in total. The maximum absolute atomic E-state index is 13.3. The van der Waals surface area contributed by atoms with E-state index in [1.165, 1.54) is 19.2 Å². The number of amides is 1. The zero-order valence-electron chi connectivity index (χ0n) is 16.3. The maximum atomic E-state index is 13.3. The second-order valence-electron chi connectivity index (χ2n) is 7.40. The van der Waals surface area contributed by atoms with Gasteiger partial charge in [-0.05, 0) is 44.6 Å². The number of nitrogens with zero attached hydrogens (tertiary/aromatic N) is 1. The highest BCUT2D eigenvalue weighted by Crippen LogP contribution is 2.42. The van der Waals surface area contributed by atoms with Crippen molar-refractivity contribution in [1.82, 2.24) is 4.90 Å². The van der Waals surface area contributed by atoms with Gasteiger partial charge in [0.1, 0.15) is 11.6 Å². The molecule has 6 heteroatoms. The van der Waals surface area contributed by atoms with Crippen LogP contribution in [0, 0.1) is 11.7 Å². The van der Waals surface area contributed by atoms with Crippen LogP contribution < -0.4 is 4.74 Å². The summed E-state index contributed by atoms with van der Waals surface area (Å²) in [5.74, 6) is 0.628. The van der Waals surface area contributed by atoms with E-state index in [1.54, 1.807) is 6.07 Å². The molecular weight excluding hydrogens is 349 g/mol. The van der Waals surface area contributed by atoms with Gasteiger partial charge in [0, 0.05) is 44.5 Å². The number of carbonyl (C=O) groups is 1. The van der Waals surface area contributed by atoms with Gasteiger partial charge in [-0.15, -0.1) is 0 Å². The first kappa shape index (κ1) is 20.1. The van der Waals surface area contributed by atoms with Gasteiger partial charge >= 0.3 is 0 Å². The number of benzene rings is 1. The molecule has 1 spiro atoms. The van der Waals surface area contributed by atoms with Crippen LogP contribution in [0.15, 0.2) is 18.2 Å². The van der Waals surface area contributed by atoms with Crippen molar-refractivity contribution < 1.29 is 23.4 Å².